The zero-order valence-electron chi connectivity index (χ0n) is 8.75. The van der Waals surface area contributed by atoms with E-state index in [4.69, 9.17) is 5.73 Å². The molecule has 0 unspecified atom stereocenters. The molecule has 1 nitrogen and oxygen atoms in total. The summed E-state index contributed by atoms with van der Waals surface area (Å²) in [6.07, 6.45) is 1.06. The normalized spacial score (nSPS) is 13.3. The Bertz CT molecular complexity index is 266. The Kier molecular flexibility index (Phi) is 3.49. The standard InChI is InChI=1S/C12H19N/c1-9(2)8-12(13)11-7-5-4-6-10(11)3/h4-7,9,12H,8,13H2,1-3H3/t12-/m0/s1. The quantitative estimate of drug-likeness (QED) is 0.754. The predicted octanol–water partition coefficient (Wildman–Crippen LogP) is 3.04. The Labute approximate surface area is 81.0 Å². The summed E-state index contributed by atoms with van der Waals surface area (Å²) in [6.45, 7) is 6.53. The minimum atomic E-state index is 0.196. The first-order chi connectivity index (χ1) is 6.11. The molecule has 1 aromatic rings. The van der Waals surface area contributed by atoms with Gasteiger partial charge in [-0.1, -0.05) is 38.1 Å². The number of hydrogen-bond donors (Lipinski definition) is 1. The van der Waals surface area contributed by atoms with Crippen LogP contribution < -0.4 is 5.73 Å². The summed E-state index contributed by atoms with van der Waals surface area (Å²) < 4.78 is 0. The highest BCUT2D eigenvalue weighted by molar-refractivity contribution is 5.28. The molecule has 2 N–H and O–H groups in total. The Balaban J connectivity index is 2.76. The maximum absolute atomic E-state index is 6.10. The van der Waals surface area contributed by atoms with Gasteiger partial charge in [-0.2, -0.15) is 0 Å². The maximum atomic E-state index is 6.10. The first kappa shape index (κ1) is 10.3. The van der Waals surface area contributed by atoms with Crippen LogP contribution in [0.2, 0.25) is 0 Å². The van der Waals surface area contributed by atoms with Gasteiger partial charge in [0, 0.05) is 6.04 Å². The molecule has 1 atom stereocenters. The number of benzene rings is 1. The van der Waals surface area contributed by atoms with Crippen molar-refractivity contribution in [2.45, 2.75) is 33.2 Å². The first-order valence-corrected chi connectivity index (χ1v) is 4.92. The molecular formula is C12H19N. The number of nitrogens with two attached hydrogens (primary N) is 1. The van der Waals surface area contributed by atoms with Gasteiger partial charge in [-0.15, -0.1) is 0 Å². The maximum Gasteiger partial charge on any atom is 0.0299 e. The molecule has 72 valence electrons. The van der Waals surface area contributed by atoms with Crippen LogP contribution in [0.4, 0.5) is 0 Å². The first-order valence-electron chi connectivity index (χ1n) is 4.92. The van der Waals surface area contributed by atoms with E-state index < -0.39 is 0 Å². The molecule has 1 rings (SSSR count). The van der Waals surface area contributed by atoms with Gasteiger partial charge in [0.15, 0.2) is 0 Å². The van der Waals surface area contributed by atoms with E-state index in [9.17, 15) is 0 Å². The molecule has 0 radical (unpaired) electrons. The second-order valence-corrected chi connectivity index (χ2v) is 4.09. The van der Waals surface area contributed by atoms with E-state index in [-0.39, 0.29) is 6.04 Å². The minimum absolute atomic E-state index is 0.196. The van der Waals surface area contributed by atoms with E-state index in [1.165, 1.54) is 11.1 Å². The molecule has 0 heterocycles. The fourth-order valence-corrected chi connectivity index (χ4v) is 1.64. The molecule has 1 aromatic carbocycles. The zero-order chi connectivity index (χ0) is 9.84. The molecular weight excluding hydrogens is 158 g/mol. The lowest BCUT2D eigenvalue weighted by molar-refractivity contribution is 0.508. The van der Waals surface area contributed by atoms with Crippen molar-refractivity contribution in [3.63, 3.8) is 0 Å². The van der Waals surface area contributed by atoms with Crippen LogP contribution in [0.3, 0.4) is 0 Å². The van der Waals surface area contributed by atoms with Gasteiger partial charge in [0.25, 0.3) is 0 Å². The van der Waals surface area contributed by atoms with E-state index in [1.54, 1.807) is 0 Å². The van der Waals surface area contributed by atoms with Gasteiger partial charge < -0.3 is 5.73 Å². The second kappa shape index (κ2) is 4.43. The molecule has 0 aromatic heterocycles. The Morgan fingerprint density at radius 3 is 2.38 bits per heavy atom. The fraction of sp³-hybridized carbons (Fsp3) is 0.500. The average Bonchev–Trinajstić information content (AvgIpc) is 2.03. The van der Waals surface area contributed by atoms with Crippen LogP contribution in [-0.2, 0) is 0 Å². The van der Waals surface area contributed by atoms with Crippen molar-refractivity contribution in [1.82, 2.24) is 0 Å². The van der Waals surface area contributed by atoms with E-state index in [2.05, 4.69) is 45.0 Å². The highest BCUT2D eigenvalue weighted by atomic mass is 14.6. The van der Waals surface area contributed by atoms with Crippen molar-refractivity contribution in [1.29, 1.82) is 0 Å². The summed E-state index contributed by atoms with van der Waals surface area (Å²) in [7, 11) is 0. The molecule has 0 aliphatic carbocycles. The van der Waals surface area contributed by atoms with Gasteiger partial charge in [0.2, 0.25) is 0 Å². The van der Waals surface area contributed by atoms with Gasteiger partial charge in [-0.25, -0.2) is 0 Å². The minimum Gasteiger partial charge on any atom is -0.324 e. The third-order valence-electron chi connectivity index (χ3n) is 2.31. The topological polar surface area (TPSA) is 26.0 Å². The monoisotopic (exact) mass is 177 g/mol. The molecule has 0 aliphatic rings. The van der Waals surface area contributed by atoms with Crippen LogP contribution in [-0.4, -0.2) is 0 Å². The van der Waals surface area contributed by atoms with E-state index in [0.29, 0.717) is 5.92 Å². The molecule has 0 saturated heterocycles. The average molecular weight is 177 g/mol. The summed E-state index contributed by atoms with van der Waals surface area (Å²) in [5.74, 6) is 0.662. The smallest absolute Gasteiger partial charge is 0.0299 e. The second-order valence-electron chi connectivity index (χ2n) is 4.09. The van der Waals surface area contributed by atoms with E-state index >= 15 is 0 Å². The van der Waals surface area contributed by atoms with Crippen LogP contribution in [0.15, 0.2) is 24.3 Å². The highest BCUT2D eigenvalue weighted by Crippen LogP contribution is 2.21. The Hall–Kier alpha value is -0.820. The Morgan fingerprint density at radius 1 is 1.23 bits per heavy atom. The molecule has 0 spiro atoms. The lowest BCUT2D eigenvalue weighted by Crippen LogP contribution is -2.13. The van der Waals surface area contributed by atoms with E-state index in [1.807, 2.05) is 0 Å². The summed E-state index contributed by atoms with van der Waals surface area (Å²) >= 11 is 0. The summed E-state index contributed by atoms with van der Waals surface area (Å²) in [4.78, 5) is 0. The van der Waals surface area contributed by atoms with Crippen LogP contribution in [0, 0.1) is 12.8 Å². The van der Waals surface area contributed by atoms with Crippen molar-refractivity contribution >= 4 is 0 Å². The van der Waals surface area contributed by atoms with Gasteiger partial charge in [0.05, 0.1) is 0 Å². The summed E-state index contributed by atoms with van der Waals surface area (Å²) in [5.41, 5.74) is 8.69. The molecule has 0 bridgehead atoms. The van der Waals surface area contributed by atoms with Crippen LogP contribution in [0.1, 0.15) is 37.4 Å². The predicted molar refractivity (Wildman–Crippen MR) is 57.6 cm³/mol. The van der Waals surface area contributed by atoms with E-state index in [0.717, 1.165) is 6.42 Å². The zero-order valence-corrected chi connectivity index (χ0v) is 8.75. The van der Waals surface area contributed by atoms with Gasteiger partial charge in [0.1, 0.15) is 0 Å². The fourth-order valence-electron chi connectivity index (χ4n) is 1.64. The van der Waals surface area contributed by atoms with Gasteiger partial charge in [-0.3, -0.25) is 0 Å². The number of hydrogen-bond acceptors (Lipinski definition) is 1. The van der Waals surface area contributed by atoms with Crippen molar-refractivity contribution in [3.8, 4) is 0 Å². The molecule has 0 amide bonds. The lowest BCUT2D eigenvalue weighted by Gasteiger charge is -2.16. The molecule has 0 fully saturated rings. The SMILES string of the molecule is Cc1ccccc1[C@@H](N)CC(C)C. The summed E-state index contributed by atoms with van der Waals surface area (Å²) in [5, 5.41) is 0. The molecule has 13 heavy (non-hydrogen) atoms. The van der Waals surface area contributed by atoms with Crippen molar-refractivity contribution in [2.24, 2.45) is 11.7 Å². The number of aryl methyl sites for hydroxylation is 1. The largest absolute Gasteiger partial charge is 0.324 e. The van der Waals surface area contributed by atoms with Crippen molar-refractivity contribution in [2.75, 3.05) is 0 Å². The molecule has 0 aliphatic heterocycles. The van der Waals surface area contributed by atoms with Crippen LogP contribution in [0.5, 0.6) is 0 Å². The van der Waals surface area contributed by atoms with Crippen LogP contribution in [0.25, 0.3) is 0 Å². The number of rotatable bonds is 3. The van der Waals surface area contributed by atoms with Gasteiger partial charge in [-0.05, 0) is 30.4 Å². The van der Waals surface area contributed by atoms with Crippen molar-refractivity contribution < 1.29 is 0 Å². The van der Waals surface area contributed by atoms with Crippen molar-refractivity contribution in [3.05, 3.63) is 35.4 Å². The Morgan fingerprint density at radius 2 is 1.85 bits per heavy atom. The molecule has 0 saturated carbocycles. The highest BCUT2D eigenvalue weighted by Gasteiger charge is 2.09. The third kappa shape index (κ3) is 2.85. The summed E-state index contributed by atoms with van der Waals surface area (Å²) in [6, 6.07) is 8.56. The third-order valence-corrected chi connectivity index (χ3v) is 2.31. The molecule has 1 heteroatoms. The van der Waals surface area contributed by atoms with Gasteiger partial charge >= 0.3 is 0 Å². The lowest BCUT2D eigenvalue weighted by atomic mass is 9.95. The van der Waals surface area contributed by atoms with Crippen LogP contribution >= 0.6 is 0 Å².